The van der Waals surface area contributed by atoms with Crippen molar-refractivity contribution in [2.24, 2.45) is 0 Å². The van der Waals surface area contributed by atoms with E-state index in [1.165, 1.54) is 12.3 Å². The second kappa shape index (κ2) is 13.1. The number of pyridine rings is 3. The van der Waals surface area contributed by atoms with Gasteiger partial charge in [-0.15, -0.1) is 47.5 Å². The third-order valence-corrected chi connectivity index (χ3v) is 7.52. The summed E-state index contributed by atoms with van der Waals surface area (Å²) in [7, 11) is 2.02. The van der Waals surface area contributed by atoms with Crippen LogP contribution >= 0.6 is 0 Å². The summed E-state index contributed by atoms with van der Waals surface area (Å²) in [5, 5.41) is 8.32. The van der Waals surface area contributed by atoms with Gasteiger partial charge in [0.2, 0.25) is 0 Å². The van der Waals surface area contributed by atoms with E-state index in [-0.39, 0.29) is 25.8 Å². The van der Waals surface area contributed by atoms with Crippen molar-refractivity contribution in [2.45, 2.75) is 5.41 Å². The van der Waals surface area contributed by atoms with E-state index >= 15 is 0 Å². The predicted octanol–water partition coefficient (Wildman–Crippen LogP) is 6.15. The number of benzene rings is 3. The van der Waals surface area contributed by atoms with Gasteiger partial charge in [0.15, 0.2) is 0 Å². The van der Waals surface area contributed by atoms with Crippen LogP contribution in [0, 0.1) is 12.1 Å². The minimum Gasteiger partial charge on any atom is -0.477 e. The van der Waals surface area contributed by atoms with E-state index in [1.807, 2.05) is 92.1 Å². The second-order valence-electron chi connectivity index (χ2n) is 10.2. The van der Waals surface area contributed by atoms with Crippen LogP contribution in [0.15, 0.2) is 122 Å². The summed E-state index contributed by atoms with van der Waals surface area (Å²) in [6, 6.07) is 41.3. The summed E-state index contributed by atoms with van der Waals surface area (Å²) in [5.41, 5.74) is 20.4. The molecule has 0 saturated heterocycles. The van der Waals surface area contributed by atoms with E-state index in [1.54, 1.807) is 12.1 Å². The van der Waals surface area contributed by atoms with Gasteiger partial charge in [-0.05, 0) is 60.8 Å². The van der Waals surface area contributed by atoms with Gasteiger partial charge < -0.3 is 21.5 Å². The van der Waals surface area contributed by atoms with Crippen molar-refractivity contribution < 1.29 is 30.0 Å². The van der Waals surface area contributed by atoms with Crippen LogP contribution in [0.4, 0.5) is 22.7 Å². The van der Waals surface area contributed by atoms with E-state index in [9.17, 15) is 4.79 Å². The minimum atomic E-state index is -0.990. The van der Waals surface area contributed by atoms with Gasteiger partial charge in [0.1, 0.15) is 5.69 Å². The number of aromatic carboxylic acids is 1. The summed E-state index contributed by atoms with van der Waals surface area (Å²) in [6.45, 7) is 0. The molecular formula is C36H28IrN6O2-2. The Kier molecular flexibility index (Phi) is 9.04. The monoisotopic (exact) mass is 769 g/mol. The largest absolute Gasteiger partial charge is 0.477 e. The van der Waals surface area contributed by atoms with Crippen molar-refractivity contribution in [3.63, 3.8) is 0 Å². The number of nitrogen functional groups attached to an aromatic ring is 2. The molecule has 6 aromatic rings. The molecule has 0 unspecified atom stereocenters. The fourth-order valence-electron chi connectivity index (χ4n) is 5.56. The maximum atomic E-state index is 10.1. The molecule has 5 N–H and O–H groups in total. The molecule has 0 spiro atoms. The van der Waals surface area contributed by atoms with Crippen molar-refractivity contribution in [1.29, 1.82) is 0 Å². The molecule has 1 aliphatic heterocycles. The van der Waals surface area contributed by atoms with Gasteiger partial charge in [-0.1, -0.05) is 41.7 Å². The van der Waals surface area contributed by atoms with Gasteiger partial charge in [-0.2, -0.15) is 12.1 Å². The summed E-state index contributed by atoms with van der Waals surface area (Å²) >= 11 is 0. The molecule has 8 nitrogen and oxygen atoms in total. The van der Waals surface area contributed by atoms with E-state index in [4.69, 9.17) is 26.5 Å². The molecule has 1 aliphatic rings. The molecule has 3 aromatic heterocycles. The molecule has 0 saturated carbocycles. The van der Waals surface area contributed by atoms with Gasteiger partial charge in [0, 0.05) is 49.6 Å². The summed E-state index contributed by atoms with van der Waals surface area (Å²) in [5.74, 6) is -0.990. The molecule has 225 valence electrons. The smallest absolute Gasteiger partial charge is 0.354 e. The first-order chi connectivity index (χ1) is 21.4. The number of hydrogen-bond acceptors (Lipinski definition) is 7. The van der Waals surface area contributed by atoms with E-state index in [0.717, 1.165) is 45.1 Å². The minimum absolute atomic E-state index is 0. The van der Waals surface area contributed by atoms with Gasteiger partial charge in [0.05, 0.1) is 11.1 Å². The Morgan fingerprint density at radius 3 is 2.20 bits per heavy atom. The Morgan fingerprint density at radius 2 is 1.53 bits per heavy atom. The first-order valence-corrected chi connectivity index (χ1v) is 13.9. The number of nitrogens with two attached hydrogens (primary N) is 2. The normalized spacial score (nSPS) is 14.6. The maximum absolute atomic E-state index is 10.1. The van der Waals surface area contributed by atoms with Gasteiger partial charge in [-0.25, -0.2) is 9.78 Å². The molecule has 0 fully saturated rings. The standard InChI is InChI=1S/C30H23N5.C6H5NO2.Ir/c1-35-26-18-21(31)13-15-23(26)30(28-11-5-6-17-33-28,24-16-14-22(32)19-27(24)35)29-12-7-10-25(34-29)20-8-3-2-4-9-20;8-6(9)5-3-1-2-4-7-5;/h2-8,10-15,17-19H,31-32H2,1H3;1-4H,(H,8,9);/q-2;;/t30-;;/m0../s1. The molecule has 7 rings (SSSR count). The number of aromatic nitrogens is 3. The summed E-state index contributed by atoms with van der Waals surface area (Å²) in [4.78, 5) is 25.9. The Hall–Kier alpha value is -5.37. The third-order valence-electron chi connectivity index (χ3n) is 7.52. The fourth-order valence-corrected chi connectivity index (χ4v) is 5.56. The Labute approximate surface area is 274 Å². The fraction of sp³-hybridized carbons (Fsp3) is 0.0556. The molecule has 45 heavy (non-hydrogen) atoms. The van der Waals surface area contributed by atoms with Gasteiger partial charge >= 0.3 is 5.97 Å². The molecule has 0 amide bonds. The van der Waals surface area contributed by atoms with Crippen LogP contribution in [0.1, 0.15) is 33.0 Å². The van der Waals surface area contributed by atoms with Gasteiger partial charge in [0.25, 0.3) is 0 Å². The van der Waals surface area contributed by atoms with E-state index < -0.39 is 11.4 Å². The molecule has 9 heteroatoms. The number of nitrogens with zero attached hydrogens (tertiary/aromatic N) is 4. The summed E-state index contributed by atoms with van der Waals surface area (Å²) in [6.07, 6.45) is 3.27. The van der Waals surface area contributed by atoms with Crippen LogP contribution < -0.4 is 16.4 Å². The SMILES string of the molecule is CN1c2cc(N)c[c-]c2[C@@](c2ccccn2)(c2cccc(-c3[c-]cccc3)n2)c2ccc(N)cc21.O=C(O)c1ccccn1.[Ir]. The first-order valence-electron chi connectivity index (χ1n) is 13.9. The van der Waals surface area contributed by atoms with Crippen molar-refractivity contribution in [3.05, 3.63) is 162 Å². The van der Waals surface area contributed by atoms with Crippen molar-refractivity contribution in [2.75, 3.05) is 23.4 Å². The average Bonchev–Trinajstić information content (AvgIpc) is 3.07. The second-order valence-corrected chi connectivity index (χ2v) is 10.2. The average molecular weight is 769 g/mol. The van der Waals surface area contributed by atoms with Crippen molar-refractivity contribution >= 4 is 28.7 Å². The zero-order valence-electron chi connectivity index (χ0n) is 24.2. The number of carboxylic acid groups (broad SMARTS) is 1. The van der Waals surface area contributed by atoms with Crippen molar-refractivity contribution in [1.82, 2.24) is 15.0 Å². The molecule has 4 heterocycles. The van der Waals surface area contributed by atoms with Crippen LogP contribution in [0.3, 0.4) is 0 Å². The number of carbonyl (C=O) groups is 1. The van der Waals surface area contributed by atoms with Crippen LogP contribution in [-0.2, 0) is 25.5 Å². The maximum Gasteiger partial charge on any atom is 0.354 e. The number of carboxylic acids is 1. The Balaban J connectivity index is 0.000000347. The van der Waals surface area contributed by atoms with Crippen molar-refractivity contribution in [3.8, 4) is 11.3 Å². The van der Waals surface area contributed by atoms with Gasteiger partial charge in [-0.3, -0.25) is 9.97 Å². The molecule has 0 aliphatic carbocycles. The third kappa shape index (κ3) is 5.79. The molecule has 0 bridgehead atoms. The zero-order valence-corrected chi connectivity index (χ0v) is 26.6. The Bertz CT molecular complexity index is 1890. The van der Waals surface area contributed by atoms with E-state index in [0.29, 0.717) is 11.4 Å². The molecule has 1 atom stereocenters. The van der Waals surface area contributed by atoms with Crippen LogP contribution in [0.2, 0.25) is 0 Å². The number of anilines is 4. The number of hydrogen-bond donors (Lipinski definition) is 3. The quantitative estimate of drug-likeness (QED) is 0.144. The topological polar surface area (TPSA) is 131 Å². The first kappa shape index (κ1) is 31.1. The molecule has 3 aromatic carbocycles. The number of fused-ring (bicyclic) bond motifs is 2. The molecule has 1 radical (unpaired) electrons. The number of rotatable bonds is 4. The zero-order chi connectivity index (χ0) is 30.7. The molecular weight excluding hydrogens is 741 g/mol. The Morgan fingerprint density at radius 1 is 0.800 bits per heavy atom. The summed E-state index contributed by atoms with van der Waals surface area (Å²) < 4.78 is 0. The predicted molar refractivity (Wildman–Crippen MR) is 172 cm³/mol. The van der Waals surface area contributed by atoms with E-state index in [2.05, 4.69) is 34.1 Å². The van der Waals surface area contributed by atoms with Crippen LogP contribution in [0.5, 0.6) is 0 Å². The van der Waals surface area contributed by atoms with Crippen LogP contribution in [-0.4, -0.2) is 33.1 Å². The van der Waals surface area contributed by atoms with Crippen LogP contribution in [0.25, 0.3) is 11.3 Å².